The number of likely N-dealkylation sites (N-methyl/N-ethyl adjacent to an activating group) is 1. The van der Waals surface area contributed by atoms with Gasteiger partial charge in [0, 0.05) is 12.8 Å². The lowest BCUT2D eigenvalue weighted by molar-refractivity contribution is -0.870. The number of quaternary nitrogens is 1. The summed E-state index contributed by atoms with van der Waals surface area (Å²) in [4.78, 5) is 37.7. The van der Waals surface area contributed by atoms with Crippen LogP contribution in [0.2, 0.25) is 0 Å². The molecule has 2 atom stereocenters. The van der Waals surface area contributed by atoms with Crippen LogP contribution in [-0.2, 0) is 33.3 Å². The molecule has 516 valence electrons. The molecule has 0 aromatic carbocycles. The molecule has 0 aromatic rings. The number of carboxylic acid groups (broad SMARTS) is 1. The summed E-state index contributed by atoms with van der Waals surface area (Å²) in [5.74, 6) is -1.97. The fourth-order valence-corrected chi connectivity index (χ4v) is 12.1. The van der Waals surface area contributed by atoms with Crippen LogP contribution in [0.4, 0.5) is 0 Å². The number of hydrogen-bond acceptors (Lipinski definition) is 7. The molecule has 0 aliphatic rings. The van der Waals surface area contributed by atoms with Crippen LogP contribution in [-0.4, -0.2) is 87.4 Å². The highest BCUT2D eigenvalue weighted by atomic mass is 16.7. The van der Waals surface area contributed by atoms with E-state index in [0.29, 0.717) is 17.4 Å². The molecule has 0 spiro atoms. The van der Waals surface area contributed by atoms with Gasteiger partial charge in [-0.25, -0.2) is 4.79 Å². The standard InChI is InChI=1S/C78H151NO8/c1-6-8-10-12-14-16-18-20-22-24-26-28-30-32-33-34-35-36-37-38-39-40-41-42-43-45-46-48-50-52-54-56-58-60-62-64-66-68-75(80)85-72-74(73-86-78(77(82)83)84-71-70-79(3,4)5)87-76(81)69-67-65-63-61-59-57-55-53-51-49-47-44-31-29-27-25-23-21-19-17-15-13-11-9-7-2/h25,27,74,78H,6-24,26,28-73H2,1-5H3/p+1/b27-25-. The summed E-state index contributed by atoms with van der Waals surface area (Å²) in [6.45, 7) is 4.97. The summed E-state index contributed by atoms with van der Waals surface area (Å²) in [6, 6.07) is 0. The van der Waals surface area contributed by atoms with Crippen molar-refractivity contribution in [1.29, 1.82) is 0 Å². The first-order valence-electron chi connectivity index (χ1n) is 38.9. The van der Waals surface area contributed by atoms with E-state index in [2.05, 4.69) is 26.0 Å². The molecule has 1 N–H and O–H groups in total. The molecule has 0 aromatic heterocycles. The van der Waals surface area contributed by atoms with Gasteiger partial charge < -0.3 is 28.5 Å². The van der Waals surface area contributed by atoms with E-state index in [-0.39, 0.29) is 38.2 Å². The monoisotopic (exact) mass is 1230 g/mol. The molecule has 87 heavy (non-hydrogen) atoms. The third kappa shape index (κ3) is 71.3. The van der Waals surface area contributed by atoms with Crippen molar-refractivity contribution < 1.29 is 42.9 Å². The van der Waals surface area contributed by atoms with Crippen LogP contribution in [0.5, 0.6) is 0 Å². The van der Waals surface area contributed by atoms with Gasteiger partial charge in [-0.2, -0.15) is 0 Å². The predicted molar refractivity (Wildman–Crippen MR) is 374 cm³/mol. The first kappa shape index (κ1) is 85.0. The molecule has 0 heterocycles. The van der Waals surface area contributed by atoms with Crippen molar-refractivity contribution in [3.05, 3.63) is 12.2 Å². The Hall–Kier alpha value is -1.97. The smallest absolute Gasteiger partial charge is 0.361 e. The van der Waals surface area contributed by atoms with E-state index in [1.54, 1.807) is 0 Å². The molecule has 0 rings (SSSR count). The van der Waals surface area contributed by atoms with Crippen LogP contribution in [0.25, 0.3) is 0 Å². The third-order valence-corrected chi connectivity index (χ3v) is 18.0. The second kappa shape index (κ2) is 69.9. The zero-order valence-corrected chi connectivity index (χ0v) is 59.2. The molecular formula is C78H152NO8+. The molecule has 0 amide bonds. The van der Waals surface area contributed by atoms with Gasteiger partial charge in [0.05, 0.1) is 34.4 Å². The van der Waals surface area contributed by atoms with Gasteiger partial charge in [-0.15, -0.1) is 0 Å². The van der Waals surface area contributed by atoms with Crippen molar-refractivity contribution in [3.63, 3.8) is 0 Å². The van der Waals surface area contributed by atoms with Crippen molar-refractivity contribution in [2.24, 2.45) is 0 Å². The van der Waals surface area contributed by atoms with Gasteiger partial charge in [0.2, 0.25) is 0 Å². The van der Waals surface area contributed by atoms with E-state index in [9.17, 15) is 19.5 Å². The lowest BCUT2D eigenvalue weighted by Gasteiger charge is -2.25. The highest BCUT2D eigenvalue weighted by Crippen LogP contribution is 2.20. The van der Waals surface area contributed by atoms with Gasteiger partial charge >= 0.3 is 17.9 Å². The predicted octanol–water partition coefficient (Wildman–Crippen LogP) is 24.4. The number of hydrogen-bond donors (Lipinski definition) is 1. The fraction of sp³-hybridized carbons (Fsp3) is 0.936. The largest absolute Gasteiger partial charge is 0.477 e. The molecule has 9 heteroatoms. The first-order valence-corrected chi connectivity index (χ1v) is 38.9. The van der Waals surface area contributed by atoms with Gasteiger partial charge in [-0.05, 0) is 38.5 Å². The van der Waals surface area contributed by atoms with Gasteiger partial charge in [0.1, 0.15) is 13.2 Å². The molecule has 0 bridgehead atoms. The van der Waals surface area contributed by atoms with Crippen molar-refractivity contribution >= 4 is 17.9 Å². The molecule has 0 aliphatic carbocycles. The summed E-state index contributed by atoms with van der Waals surface area (Å²) in [5.41, 5.74) is 0. The van der Waals surface area contributed by atoms with Crippen LogP contribution < -0.4 is 0 Å². The number of rotatable bonds is 74. The summed E-state index contributed by atoms with van der Waals surface area (Å²) in [7, 11) is 6.00. The van der Waals surface area contributed by atoms with Crippen molar-refractivity contribution in [1.82, 2.24) is 0 Å². The Kier molecular flexibility index (Phi) is 68.3. The Balaban J connectivity index is 3.94. The number of carboxylic acids is 1. The highest BCUT2D eigenvalue weighted by Gasteiger charge is 2.25. The molecular weight excluding hydrogens is 1080 g/mol. The normalized spacial score (nSPS) is 12.6. The number of carbonyl (C=O) groups is 3. The number of unbranched alkanes of at least 4 members (excludes halogenated alkanes) is 57. The molecule has 0 aliphatic heterocycles. The average molecular weight is 1230 g/mol. The maximum absolute atomic E-state index is 13.0. The number of esters is 2. The lowest BCUT2D eigenvalue weighted by atomic mass is 10.0. The maximum atomic E-state index is 13.0. The number of aliphatic carboxylic acids is 1. The summed E-state index contributed by atoms with van der Waals surface area (Å²) >= 11 is 0. The van der Waals surface area contributed by atoms with Crippen LogP contribution in [0, 0.1) is 0 Å². The summed E-state index contributed by atoms with van der Waals surface area (Å²) < 4.78 is 23.0. The molecule has 0 saturated heterocycles. The minimum absolute atomic E-state index is 0.174. The van der Waals surface area contributed by atoms with E-state index in [0.717, 1.165) is 38.5 Å². The van der Waals surface area contributed by atoms with Gasteiger partial charge in [0.25, 0.3) is 6.29 Å². The van der Waals surface area contributed by atoms with E-state index in [1.165, 1.54) is 347 Å². The van der Waals surface area contributed by atoms with Gasteiger partial charge in [-0.3, -0.25) is 9.59 Å². The molecule has 0 fully saturated rings. The fourth-order valence-electron chi connectivity index (χ4n) is 12.1. The summed E-state index contributed by atoms with van der Waals surface area (Å²) in [6.07, 6.45) is 83.7. The van der Waals surface area contributed by atoms with Crippen molar-refractivity contribution in [2.75, 3.05) is 47.5 Å². The maximum Gasteiger partial charge on any atom is 0.361 e. The van der Waals surface area contributed by atoms with E-state index >= 15 is 0 Å². The Morgan fingerprint density at radius 2 is 0.586 bits per heavy atom. The van der Waals surface area contributed by atoms with Gasteiger partial charge in [0.15, 0.2) is 6.10 Å². The molecule has 9 nitrogen and oxygen atoms in total. The second-order valence-electron chi connectivity index (χ2n) is 28.0. The Labute approximate surface area is 542 Å². The second-order valence-corrected chi connectivity index (χ2v) is 28.0. The van der Waals surface area contributed by atoms with Crippen LogP contribution in [0.15, 0.2) is 12.2 Å². The first-order chi connectivity index (χ1) is 42.6. The van der Waals surface area contributed by atoms with Crippen LogP contribution in [0.3, 0.4) is 0 Å². The Bertz CT molecular complexity index is 1430. The number of ether oxygens (including phenoxy) is 4. The summed E-state index contributed by atoms with van der Waals surface area (Å²) in [5, 5.41) is 9.76. The van der Waals surface area contributed by atoms with E-state index in [1.807, 2.05) is 21.1 Å². The third-order valence-electron chi connectivity index (χ3n) is 18.0. The number of carbonyl (C=O) groups excluding carboxylic acids is 2. The molecule has 2 unspecified atom stereocenters. The SMILES string of the molecule is CCCCCCCCCC/C=C\CCCCCCCCCCCCCCCC(=O)OC(COC(=O)CCCCCCCCCCCCCCCCCCCCCCCCCCCCCCCCCCCCCCC)COC(OCC[N+](C)(C)C)C(=O)O. The Morgan fingerprint density at radius 3 is 0.851 bits per heavy atom. The Morgan fingerprint density at radius 1 is 0.333 bits per heavy atom. The molecule has 0 saturated carbocycles. The number of nitrogens with zero attached hydrogens (tertiary/aromatic N) is 1. The lowest BCUT2D eigenvalue weighted by Crippen LogP contribution is -2.40. The van der Waals surface area contributed by atoms with Crippen LogP contribution in [0.1, 0.15) is 412 Å². The molecule has 0 radical (unpaired) electrons. The zero-order chi connectivity index (χ0) is 63.3. The topological polar surface area (TPSA) is 108 Å². The number of allylic oxidation sites excluding steroid dienone is 2. The van der Waals surface area contributed by atoms with E-state index < -0.39 is 18.4 Å². The zero-order valence-electron chi connectivity index (χ0n) is 59.2. The quantitative estimate of drug-likeness (QED) is 0.0211. The van der Waals surface area contributed by atoms with Crippen molar-refractivity contribution in [3.8, 4) is 0 Å². The average Bonchev–Trinajstić information content (AvgIpc) is 3.59. The minimum atomic E-state index is -1.51. The van der Waals surface area contributed by atoms with E-state index in [4.69, 9.17) is 18.9 Å². The van der Waals surface area contributed by atoms with Gasteiger partial charge in [-0.1, -0.05) is 373 Å². The van der Waals surface area contributed by atoms with Crippen molar-refractivity contribution in [2.45, 2.75) is 424 Å². The minimum Gasteiger partial charge on any atom is -0.477 e. The van der Waals surface area contributed by atoms with Crippen LogP contribution >= 0.6 is 0 Å². The highest BCUT2D eigenvalue weighted by molar-refractivity contribution is 5.71.